The van der Waals surface area contributed by atoms with E-state index < -0.39 is 8.24 Å². The number of rotatable bonds is 5. The molecule has 10 aromatic rings. The van der Waals surface area contributed by atoms with Gasteiger partial charge in [-0.3, -0.25) is 0 Å². The Balaban J connectivity index is 1.16. The minimum Gasteiger partial charge on any atom is -0.339 e. The minimum absolute atomic E-state index is 0.636. The van der Waals surface area contributed by atoms with Gasteiger partial charge in [0, 0.05) is 22.3 Å². The first-order chi connectivity index (χ1) is 26.7. The van der Waals surface area contributed by atoms with Crippen LogP contribution in [0, 0.1) is 0 Å². The topological polar surface area (TPSA) is 56.5 Å². The summed E-state index contributed by atoms with van der Waals surface area (Å²) in [5.74, 6) is 2.94. The molecule has 5 nitrogen and oxygen atoms in total. The average Bonchev–Trinajstić information content (AvgIpc) is 3.77. The molecule has 2 aromatic heterocycles. The monoisotopic (exact) mass is 705 g/mol. The SMILES string of the molecule is c1ccc([Si]2(c3cccc(-c4nc(-c5ccc6ccccc6c5)nc(-c5ccc6ccccc6c5)n4)c3)c3ccccc3-c3nc4ccccc4n32)cc1. The molecular formula is C48H31N5Si. The zero-order chi connectivity index (χ0) is 35.6. The number of fused-ring (bicyclic) bond motifs is 7. The van der Waals surface area contributed by atoms with Crippen molar-refractivity contribution in [2.45, 2.75) is 0 Å². The summed E-state index contributed by atoms with van der Waals surface area (Å²) < 4.78 is 2.57. The van der Waals surface area contributed by atoms with Crippen LogP contribution >= 0.6 is 0 Å². The van der Waals surface area contributed by atoms with Crippen LogP contribution in [0.5, 0.6) is 0 Å². The second-order valence-corrected chi connectivity index (χ2v) is 17.5. The van der Waals surface area contributed by atoms with Crippen LogP contribution in [0.4, 0.5) is 0 Å². The Bertz CT molecular complexity index is 2980. The lowest BCUT2D eigenvalue weighted by Crippen LogP contribution is -2.70. The van der Waals surface area contributed by atoms with Gasteiger partial charge in [-0.15, -0.1) is 0 Å². The van der Waals surface area contributed by atoms with E-state index in [4.69, 9.17) is 19.9 Å². The molecule has 0 radical (unpaired) electrons. The molecule has 0 aliphatic carbocycles. The first-order valence-electron chi connectivity index (χ1n) is 18.2. The lowest BCUT2D eigenvalue weighted by Gasteiger charge is -2.32. The summed E-state index contributed by atoms with van der Waals surface area (Å²) in [5, 5.41) is 8.50. The van der Waals surface area contributed by atoms with Gasteiger partial charge in [-0.2, -0.15) is 0 Å². The molecule has 1 aliphatic heterocycles. The molecule has 0 fully saturated rings. The van der Waals surface area contributed by atoms with Crippen LogP contribution < -0.4 is 15.6 Å². The van der Waals surface area contributed by atoms with Crippen molar-refractivity contribution in [1.82, 2.24) is 24.2 Å². The molecule has 1 aliphatic rings. The second-order valence-electron chi connectivity index (χ2n) is 13.9. The van der Waals surface area contributed by atoms with Crippen LogP contribution in [0.2, 0.25) is 0 Å². The van der Waals surface area contributed by atoms with Gasteiger partial charge in [0.05, 0.1) is 11.0 Å². The highest BCUT2D eigenvalue weighted by Crippen LogP contribution is 2.35. The van der Waals surface area contributed by atoms with Crippen molar-refractivity contribution in [3.05, 3.63) is 188 Å². The van der Waals surface area contributed by atoms with Crippen LogP contribution in [-0.2, 0) is 0 Å². The lowest BCUT2D eigenvalue weighted by atomic mass is 10.1. The molecule has 0 saturated heterocycles. The molecule has 1 unspecified atom stereocenters. The Morgan fingerprint density at radius 3 is 1.59 bits per heavy atom. The lowest BCUT2D eigenvalue weighted by molar-refractivity contribution is 1.08. The molecule has 1 atom stereocenters. The van der Waals surface area contributed by atoms with E-state index in [1.165, 1.54) is 31.9 Å². The molecule has 3 heterocycles. The van der Waals surface area contributed by atoms with Crippen LogP contribution in [0.15, 0.2) is 188 Å². The molecule has 54 heavy (non-hydrogen) atoms. The molecule has 8 aromatic carbocycles. The van der Waals surface area contributed by atoms with Gasteiger partial charge in [0.25, 0.3) is 8.24 Å². The maximum atomic E-state index is 5.26. The fourth-order valence-corrected chi connectivity index (χ4v) is 13.4. The van der Waals surface area contributed by atoms with Crippen molar-refractivity contribution < 1.29 is 0 Å². The first-order valence-corrected chi connectivity index (χ1v) is 20.2. The Labute approximate surface area is 313 Å². The van der Waals surface area contributed by atoms with E-state index in [1.807, 2.05) is 0 Å². The van der Waals surface area contributed by atoms with E-state index >= 15 is 0 Å². The molecule has 0 amide bonds. The Morgan fingerprint density at radius 2 is 0.907 bits per heavy atom. The summed E-state index contributed by atoms with van der Waals surface area (Å²) in [7, 11) is -2.94. The van der Waals surface area contributed by atoms with Crippen LogP contribution in [0.25, 0.3) is 78.1 Å². The van der Waals surface area contributed by atoms with Crippen molar-refractivity contribution in [3.8, 4) is 45.6 Å². The Kier molecular flexibility index (Phi) is 6.81. The van der Waals surface area contributed by atoms with Gasteiger partial charge in [-0.25, -0.2) is 19.9 Å². The van der Waals surface area contributed by atoms with E-state index in [0.29, 0.717) is 17.5 Å². The number of para-hydroxylation sites is 2. The van der Waals surface area contributed by atoms with Gasteiger partial charge in [-0.1, -0.05) is 158 Å². The smallest absolute Gasteiger partial charge is 0.259 e. The highest BCUT2D eigenvalue weighted by atomic mass is 28.3. The fraction of sp³-hybridized carbons (Fsp3) is 0. The molecule has 0 bridgehead atoms. The number of imidazole rings is 1. The van der Waals surface area contributed by atoms with E-state index in [9.17, 15) is 0 Å². The van der Waals surface area contributed by atoms with Gasteiger partial charge in [0.15, 0.2) is 17.5 Å². The van der Waals surface area contributed by atoms with Crippen molar-refractivity contribution >= 4 is 56.4 Å². The summed E-state index contributed by atoms with van der Waals surface area (Å²) in [5.41, 5.74) is 6.17. The summed E-state index contributed by atoms with van der Waals surface area (Å²) in [6.45, 7) is 0. The van der Waals surface area contributed by atoms with Crippen molar-refractivity contribution in [1.29, 1.82) is 0 Å². The van der Waals surface area contributed by atoms with Crippen molar-refractivity contribution in [3.63, 3.8) is 0 Å². The molecule has 0 N–H and O–H groups in total. The van der Waals surface area contributed by atoms with E-state index in [-0.39, 0.29) is 0 Å². The van der Waals surface area contributed by atoms with Gasteiger partial charge in [-0.05, 0) is 67.4 Å². The van der Waals surface area contributed by atoms with Crippen molar-refractivity contribution in [2.24, 2.45) is 0 Å². The normalized spacial score (nSPS) is 14.7. The number of aromatic nitrogens is 5. The maximum absolute atomic E-state index is 5.26. The number of nitrogens with zero attached hydrogens (tertiary/aromatic N) is 5. The Morgan fingerprint density at radius 1 is 0.370 bits per heavy atom. The number of hydrogen-bond donors (Lipinski definition) is 0. The van der Waals surface area contributed by atoms with E-state index in [2.05, 4.69) is 192 Å². The summed E-state index contributed by atoms with van der Waals surface area (Å²) in [6.07, 6.45) is 0. The Hall–Kier alpha value is -7.02. The highest BCUT2D eigenvalue weighted by Gasteiger charge is 2.50. The third-order valence-electron chi connectivity index (χ3n) is 10.8. The van der Waals surface area contributed by atoms with Gasteiger partial charge in [0.1, 0.15) is 5.82 Å². The molecule has 0 spiro atoms. The van der Waals surface area contributed by atoms with Gasteiger partial charge < -0.3 is 4.23 Å². The zero-order valence-corrected chi connectivity index (χ0v) is 30.1. The molecule has 11 rings (SSSR count). The standard InChI is InChI=1S/C48H31N5Si/c1-2-18-39(19-3-1)54(44-24-11-8-21-41(44)48-49-42-22-9-10-23-43(42)53(48)54)40-20-12-17-36(31-40)45-50-46(37-27-25-32-13-4-6-15-34(32)29-37)52-47(51-45)38-28-26-33-14-5-7-16-35(33)30-38/h1-31H. The molecule has 6 heteroatoms. The zero-order valence-electron chi connectivity index (χ0n) is 29.1. The average molecular weight is 706 g/mol. The van der Waals surface area contributed by atoms with E-state index in [0.717, 1.165) is 44.3 Å². The maximum Gasteiger partial charge on any atom is 0.259 e. The highest BCUT2D eigenvalue weighted by molar-refractivity contribution is 7.12. The summed E-state index contributed by atoms with van der Waals surface area (Å²) in [4.78, 5) is 20.9. The quantitative estimate of drug-likeness (QED) is 0.168. The van der Waals surface area contributed by atoms with Crippen LogP contribution in [-0.4, -0.2) is 32.4 Å². The predicted octanol–water partition coefficient (Wildman–Crippen LogP) is 9.02. The largest absolute Gasteiger partial charge is 0.339 e. The van der Waals surface area contributed by atoms with Gasteiger partial charge in [0.2, 0.25) is 0 Å². The predicted molar refractivity (Wildman–Crippen MR) is 223 cm³/mol. The minimum atomic E-state index is -2.94. The second kappa shape index (κ2) is 12.0. The summed E-state index contributed by atoms with van der Waals surface area (Å²) >= 11 is 0. The third-order valence-corrected chi connectivity index (χ3v) is 15.5. The fourth-order valence-electron chi connectivity index (χ4n) is 8.38. The van der Waals surface area contributed by atoms with E-state index in [1.54, 1.807) is 0 Å². The first kappa shape index (κ1) is 30.6. The third kappa shape index (κ3) is 4.64. The van der Waals surface area contributed by atoms with Crippen LogP contribution in [0.3, 0.4) is 0 Å². The molecule has 0 saturated carbocycles. The molecular weight excluding hydrogens is 675 g/mol. The van der Waals surface area contributed by atoms with Crippen LogP contribution in [0.1, 0.15) is 0 Å². The van der Waals surface area contributed by atoms with Gasteiger partial charge >= 0.3 is 0 Å². The number of hydrogen-bond acceptors (Lipinski definition) is 4. The number of benzene rings is 8. The molecule has 252 valence electrons. The summed E-state index contributed by atoms with van der Waals surface area (Å²) in [6, 6.07) is 66.9. The van der Waals surface area contributed by atoms with Crippen molar-refractivity contribution in [2.75, 3.05) is 0 Å².